The van der Waals surface area contributed by atoms with Crippen LogP contribution in [0.3, 0.4) is 0 Å². The smallest absolute Gasteiger partial charge is 0.239 e. The largest absolute Gasteiger partial charge is 0.301 e. The minimum atomic E-state index is -0.182. The van der Waals surface area contributed by atoms with Gasteiger partial charge in [0, 0.05) is 6.20 Å². The van der Waals surface area contributed by atoms with Crippen LogP contribution in [0.2, 0.25) is 0 Å². The van der Waals surface area contributed by atoms with Crippen molar-refractivity contribution in [3.63, 3.8) is 0 Å². The van der Waals surface area contributed by atoms with Crippen LogP contribution in [0.4, 0.5) is 5.13 Å². The fourth-order valence-electron chi connectivity index (χ4n) is 2.16. The second-order valence-corrected chi connectivity index (χ2v) is 7.42. The molecule has 6 heteroatoms. The number of amides is 1. The van der Waals surface area contributed by atoms with Crippen LogP contribution < -0.4 is 5.32 Å². The van der Waals surface area contributed by atoms with Crippen molar-refractivity contribution in [2.24, 2.45) is 0 Å². The van der Waals surface area contributed by atoms with Crippen molar-refractivity contribution in [3.05, 3.63) is 48.2 Å². The van der Waals surface area contributed by atoms with Gasteiger partial charge in [0.2, 0.25) is 5.91 Å². The summed E-state index contributed by atoms with van der Waals surface area (Å²) >= 11 is 2.99. The van der Waals surface area contributed by atoms with E-state index in [-0.39, 0.29) is 11.2 Å². The van der Waals surface area contributed by atoms with E-state index in [1.807, 2.05) is 44.2 Å². The van der Waals surface area contributed by atoms with E-state index < -0.39 is 0 Å². The van der Waals surface area contributed by atoms with Gasteiger partial charge in [-0.3, -0.25) is 4.79 Å². The maximum Gasteiger partial charge on any atom is 0.239 e. The van der Waals surface area contributed by atoms with Crippen LogP contribution in [0.15, 0.2) is 47.6 Å². The Morgan fingerprint density at radius 3 is 2.96 bits per heavy atom. The third kappa shape index (κ3) is 3.89. The lowest BCUT2D eigenvalue weighted by atomic mass is 10.2. The molecule has 0 aliphatic carbocycles. The van der Waals surface area contributed by atoms with Crippen molar-refractivity contribution < 1.29 is 4.79 Å². The zero-order valence-electron chi connectivity index (χ0n) is 12.9. The van der Waals surface area contributed by atoms with Crippen LogP contribution in [0.25, 0.3) is 10.2 Å². The number of nitrogens with zero attached hydrogens (tertiary/aromatic N) is 2. The highest BCUT2D eigenvalue weighted by molar-refractivity contribution is 8.00. The highest BCUT2D eigenvalue weighted by Gasteiger charge is 2.19. The zero-order chi connectivity index (χ0) is 16.2. The zero-order valence-corrected chi connectivity index (χ0v) is 14.6. The molecule has 1 aromatic carbocycles. The maximum absolute atomic E-state index is 12.5. The van der Waals surface area contributed by atoms with Gasteiger partial charge in [-0.15, -0.1) is 0 Å². The lowest BCUT2D eigenvalue weighted by Crippen LogP contribution is -2.24. The first-order valence-corrected chi connectivity index (χ1v) is 9.11. The number of thioether (sulfide) groups is 1. The quantitative estimate of drug-likeness (QED) is 0.693. The number of thiazole rings is 1. The SMILES string of the molecule is CCC(Sc1ccccn1)C(=O)Nc1nc2ccc(C)cc2s1. The van der Waals surface area contributed by atoms with Crippen molar-refractivity contribution in [1.82, 2.24) is 9.97 Å². The van der Waals surface area contributed by atoms with Crippen LogP contribution in [0, 0.1) is 6.92 Å². The van der Waals surface area contributed by atoms with E-state index in [0.29, 0.717) is 5.13 Å². The van der Waals surface area contributed by atoms with Crippen molar-refractivity contribution in [3.8, 4) is 0 Å². The Morgan fingerprint density at radius 1 is 1.35 bits per heavy atom. The van der Waals surface area contributed by atoms with E-state index >= 15 is 0 Å². The van der Waals surface area contributed by atoms with Crippen LogP contribution >= 0.6 is 23.1 Å². The molecule has 0 aliphatic heterocycles. The Kier molecular flexibility index (Phi) is 4.93. The fourth-order valence-corrected chi connectivity index (χ4v) is 4.03. The molecule has 2 heterocycles. The number of hydrogen-bond acceptors (Lipinski definition) is 5. The number of carbonyl (C=O) groups is 1. The third-order valence-electron chi connectivity index (χ3n) is 3.34. The van der Waals surface area contributed by atoms with Gasteiger partial charge in [0.25, 0.3) is 0 Å². The molecule has 0 saturated heterocycles. The summed E-state index contributed by atoms with van der Waals surface area (Å²) in [5.74, 6) is -0.0288. The molecule has 1 unspecified atom stereocenters. The first kappa shape index (κ1) is 16.0. The summed E-state index contributed by atoms with van der Waals surface area (Å²) in [6, 6.07) is 11.8. The van der Waals surface area contributed by atoms with E-state index in [0.717, 1.165) is 21.7 Å². The number of nitrogens with one attached hydrogen (secondary N) is 1. The Bertz CT molecular complexity index is 817. The first-order chi connectivity index (χ1) is 11.2. The van der Waals surface area contributed by atoms with Gasteiger partial charge in [-0.25, -0.2) is 9.97 Å². The summed E-state index contributed by atoms with van der Waals surface area (Å²) in [7, 11) is 0. The number of rotatable bonds is 5. The summed E-state index contributed by atoms with van der Waals surface area (Å²) in [4.78, 5) is 21.2. The highest BCUT2D eigenvalue weighted by Crippen LogP contribution is 2.29. The molecule has 1 amide bonds. The average molecular weight is 343 g/mol. The van der Waals surface area contributed by atoms with Crippen molar-refractivity contribution >= 4 is 44.4 Å². The molecular weight excluding hydrogens is 326 g/mol. The fraction of sp³-hybridized carbons (Fsp3) is 0.235. The molecule has 0 saturated carbocycles. The van der Waals surface area contributed by atoms with Crippen LogP contribution in [0.5, 0.6) is 0 Å². The van der Waals surface area contributed by atoms with Gasteiger partial charge in [0.1, 0.15) is 0 Å². The lowest BCUT2D eigenvalue weighted by Gasteiger charge is -2.12. The molecule has 3 aromatic rings. The van der Waals surface area contributed by atoms with Gasteiger partial charge < -0.3 is 5.32 Å². The molecule has 1 N–H and O–H groups in total. The number of aromatic nitrogens is 2. The molecule has 1 atom stereocenters. The summed E-state index contributed by atoms with van der Waals surface area (Å²) in [6.07, 6.45) is 2.47. The summed E-state index contributed by atoms with van der Waals surface area (Å²) in [5, 5.41) is 4.26. The van der Waals surface area contributed by atoms with Crippen LogP contribution in [-0.2, 0) is 4.79 Å². The monoisotopic (exact) mass is 343 g/mol. The predicted octanol–water partition coefficient (Wildman–Crippen LogP) is 4.51. The summed E-state index contributed by atoms with van der Waals surface area (Å²) in [5.41, 5.74) is 2.11. The average Bonchev–Trinajstić information content (AvgIpc) is 2.94. The van der Waals surface area contributed by atoms with Crippen LogP contribution in [-0.4, -0.2) is 21.1 Å². The van der Waals surface area contributed by atoms with Crippen molar-refractivity contribution in [2.45, 2.75) is 30.5 Å². The Labute approximate surface area is 143 Å². The van der Waals surface area contributed by atoms with E-state index in [1.54, 1.807) is 6.20 Å². The lowest BCUT2D eigenvalue weighted by molar-refractivity contribution is -0.115. The van der Waals surface area contributed by atoms with Gasteiger partial charge in [0.15, 0.2) is 5.13 Å². The van der Waals surface area contributed by atoms with Gasteiger partial charge in [-0.05, 0) is 43.2 Å². The molecule has 0 fully saturated rings. The van der Waals surface area contributed by atoms with E-state index in [1.165, 1.54) is 28.7 Å². The van der Waals surface area contributed by atoms with E-state index in [9.17, 15) is 4.79 Å². The molecule has 2 aromatic heterocycles. The molecular formula is C17H17N3OS2. The molecule has 23 heavy (non-hydrogen) atoms. The number of hydrogen-bond donors (Lipinski definition) is 1. The minimum Gasteiger partial charge on any atom is -0.301 e. The Morgan fingerprint density at radius 2 is 2.22 bits per heavy atom. The number of fused-ring (bicyclic) bond motifs is 1. The third-order valence-corrected chi connectivity index (χ3v) is 5.59. The standard InChI is InChI=1S/C17H17N3OS2/c1-3-13(22-15-6-4-5-9-18-15)16(21)20-17-19-12-8-7-11(2)10-14(12)23-17/h4-10,13H,3H2,1-2H3,(H,19,20,21). The first-order valence-electron chi connectivity index (χ1n) is 7.41. The Balaban J connectivity index is 1.73. The second kappa shape index (κ2) is 7.10. The molecule has 0 spiro atoms. The minimum absolute atomic E-state index is 0.0288. The predicted molar refractivity (Wildman–Crippen MR) is 97.2 cm³/mol. The normalized spacial score (nSPS) is 12.3. The number of pyridine rings is 1. The topological polar surface area (TPSA) is 54.9 Å². The molecule has 4 nitrogen and oxygen atoms in total. The van der Waals surface area contributed by atoms with Gasteiger partial charge >= 0.3 is 0 Å². The van der Waals surface area contributed by atoms with Crippen molar-refractivity contribution in [2.75, 3.05) is 5.32 Å². The molecule has 118 valence electrons. The van der Waals surface area contributed by atoms with E-state index in [4.69, 9.17) is 0 Å². The van der Waals surface area contributed by atoms with Crippen molar-refractivity contribution in [1.29, 1.82) is 0 Å². The Hall–Kier alpha value is -1.92. The molecule has 0 radical (unpaired) electrons. The molecule has 3 rings (SSSR count). The summed E-state index contributed by atoms with van der Waals surface area (Å²) < 4.78 is 1.09. The molecule has 0 bridgehead atoms. The van der Waals surface area contributed by atoms with Gasteiger partial charge in [-0.1, -0.05) is 42.2 Å². The number of anilines is 1. The number of aryl methyl sites for hydroxylation is 1. The second-order valence-electron chi connectivity index (χ2n) is 5.16. The van der Waals surface area contributed by atoms with Gasteiger partial charge in [0.05, 0.1) is 20.5 Å². The maximum atomic E-state index is 12.5. The molecule has 0 aliphatic rings. The number of carbonyl (C=O) groups excluding carboxylic acids is 1. The number of benzene rings is 1. The highest BCUT2D eigenvalue weighted by atomic mass is 32.2. The van der Waals surface area contributed by atoms with Crippen LogP contribution in [0.1, 0.15) is 18.9 Å². The van der Waals surface area contributed by atoms with E-state index in [2.05, 4.69) is 21.4 Å². The summed E-state index contributed by atoms with van der Waals surface area (Å²) in [6.45, 7) is 4.05. The van der Waals surface area contributed by atoms with Gasteiger partial charge in [-0.2, -0.15) is 0 Å².